The fourth-order valence-electron chi connectivity index (χ4n) is 3.43. The Balaban J connectivity index is 2.01. The largest absolute Gasteiger partial charge is 0.325 e. The predicted molar refractivity (Wildman–Crippen MR) is 69.5 cm³/mol. The monoisotopic (exact) mass is 238 g/mol. The fourth-order valence-corrected chi connectivity index (χ4v) is 3.43. The normalized spacial score (nSPS) is 33.9. The molecule has 1 saturated carbocycles. The molecule has 17 heavy (non-hydrogen) atoms. The standard InChI is InChI=1S/C14H26N2O/c1-14(2,3)16(10-17)13-8-11-6-4-5-7-12(11)9-15-13/h10-13,15H,4-9H2,1-3H3/t11-,12+,13-/m0/s1. The summed E-state index contributed by atoms with van der Waals surface area (Å²) in [6.45, 7) is 7.41. The molecule has 3 atom stereocenters. The van der Waals surface area contributed by atoms with E-state index in [1.807, 2.05) is 4.90 Å². The lowest BCUT2D eigenvalue weighted by Crippen LogP contribution is -2.58. The molecule has 0 aromatic rings. The van der Waals surface area contributed by atoms with Gasteiger partial charge in [0.25, 0.3) is 0 Å². The molecule has 1 saturated heterocycles. The summed E-state index contributed by atoms with van der Waals surface area (Å²) in [5.74, 6) is 1.69. The van der Waals surface area contributed by atoms with E-state index in [1.54, 1.807) is 0 Å². The third kappa shape index (κ3) is 2.82. The molecule has 98 valence electrons. The molecule has 0 bridgehead atoms. The predicted octanol–water partition coefficient (Wildman–Crippen LogP) is 2.37. The molecule has 0 aromatic carbocycles. The van der Waals surface area contributed by atoms with Crippen LogP contribution in [0, 0.1) is 11.8 Å². The van der Waals surface area contributed by atoms with E-state index in [1.165, 1.54) is 25.7 Å². The van der Waals surface area contributed by atoms with Crippen molar-refractivity contribution >= 4 is 6.41 Å². The first-order valence-corrected chi connectivity index (χ1v) is 6.99. The first-order chi connectivity index (χ1) is 8.02. The van der Waals surface area contributed by atoms with Crippen LogP contribution in [0.1, 0.15) is 52.9 Å². The van der Waals surface area contributed by atoms with Gasteiger partial charge in [-0.15, -0.1) is 0 Å². The molecule has 1 aliphatic carbocycles. The van der Waals surface area contributed by atoms with Gasteiger partial charge in [0.1, 0.15) is 0 Å². The molecular formula is C14H26N2O. The number of carbonyl (C=O) groups is 1. The van der Waals surface area contributed by atoms with Gasteiger partial charge in [-0.05, 0) is 45.4 Å². The Labute approximate surface area is 105 Å². The smallest absolute Gasteiger partial charge is 0.211 e. The second kappa shape index (κ2) is 4.97. The highest BCUT2D eigenvalue weighted by molar-refractivity contribution is 5.49. The van der Waals surface area contributed by atoms with E-state index >= 15 is 0 Å². The van der Waals surface area contributed by atoms with Gasteiger partial charge in [0.2, 0.25) is 6.41 Å². The Morgan fingerprint density at radius 3 is 2.41 bits per heavy atom. The van der Waals surface area contributed by atoms with E-state index in [-0.39, 0.29) is 11.7 Å². The van der Waals surface area contributed by atoms with Crippen LogP contribution in [-0.2, 0) is 4.79 Å². The Morgan fingerprint density at radius 1 is 1.18 bits per heavy atom. The highest BCUT2D eigenvalue weighted by Gasteiger charge is 2.36. The number of carbonyl (C=O) groups excluding carboxylic acids is 1. The average molecular weight is 238 g/mol. The first-order valence-electron chi connectivity index (χ1n) is 6.99. The number of fused-ring (bicyclic) bond motifs is 1. The lowest BCUT2D eigenvalue weighted by Gasteiger charge is -2.46. The Bertz CT molecular complexity index is 272. The van der Waals surface area contributed by atoms with E-state index in [4.69, 9.17) is 0 Å². The zero-order chi connectivity index (χ0) is 12.5. The maximum absolute atomic E-state index is 11.3. The number of nitrogens with one attached hydrogen (secondary N) is 1. The molecule has 1 amide bonds. The van der Waals surface area contributed by atoms with Crippen LogP contribution in [-0.4, -0.2) is 29.6 Å². The van der Waals surface area contributed by atoms with Crippen LogP contribution in [0.3, 0.4) is 0 Å². The highest BCUT2D eigenvalue weighted by atomic mass is 16.1. The van der Waals surface area contributed by atoms with Crippen molar-refractivity contribution in [3.05, 3.63) is 0 Å². The van der Waals surface area contributed by atoms with Crippen molar-refractivity contribution in [3.8, 4) is 0 Å². The highest BCUT2D eigenvalue weighted by Crippen LogP contribution is 2.36. The zero-order valence-electron chi connectivity index (χ0n) is 11.4. The Morgan fingerprint density at radius 2 is 1.82 bits per heavy atom. The third-order valence-electron chi connectivity index (χ3n) is 4.43. The lowest BCUT2D eigenvalue weighted by molar-refractivity contribution is -0.128. The topological polar surface area (TPSA) is 32.3 Å². The summed E-state index contributed by atoms with van der Waals surface area (Å²) >= 11 is 0. The molecule has 0 aromatic heterocycles. The minimum Gasteiger partial charge on any atom is -0.325 e. The van der Waals surface area contributed by atoms with Gasteiger partial charge in [-0.3, -0.25) is 10.1 Å². The third-order valence-corrected chi connectivity index (χ3v) is 4.43. The lowest BCUT2D eigenvalue weighted by atomic mass is 9.74. The maximum atomic E-state index is 11.3. The van der Waals surface area contributed by atoms with Gasteiger partial charge in [-0.1, -0.05) is 19.3 Å². The van der Waals surface area contributed by atoms with Crippen LogP contribution in [0.15, 0.2) is 0 Å². The van der Waals surface area contributed by atoms with Crippen LogP contribution in [0.4, 0.5) is 0 Å². The van der Waals surface area contributed by atoms with E-state index in [2.05, 4.69) is 26.1 Å². The summed E-state index contributed by atoms with van der Waals surface area (Å²) in [5.41, 5.74) is -0.0824. The molecule has 3 nitrogen and oxygen atoms in total. The van der Waals surface area contributed by atoms with Gasteiger partial charge in [0.05, 0.1) is 6.17 Å². The van der Waals surface area contributed by atoms with Gasteiger partial charge >= 0.3 is 0 Å². The van der Waals surface area contributed by atoms with Crippen LogP contribution in [0.2, 0.25) is 0 Å². The molecule has 2 aliphatic rings. The number of rotatable bonds is 2. The summed E-state index contributed by atoms with van der Waals surface area (Å²) in [6, 6.07) is 0. The van der Waals surface area contributed by atoms with Gasteiger partial charge in [-0.2, -0.15) is 0 Å². The molecule has 0 radical (unpaired) electrons. The molecule has 2 fully saturated rings. The van der Waals surface area contributed by atoms with E-state index in [0.29, 0.717) is 0 Å². The van der Waals surface area contributed by atoms with E-state index in [9.17, 15) is 4.79 Å². The Kier molecular flexibility index (Phi) is 3.76. The van der Waals surface area contributed by atoms with Gasteiger partial charge in [0.15, 0.2) is 0 Å². The van der Waals surface area contributed by atoms with Crippen molar-refractivity contribution in [3.63, 3.8) is 0 Å². The zero-order valence-corrected chi connectivity index (χ0v) is 11.4. The summed E-state index contributed by atoms with van der Waals surface area (Å²) in [7, 11) is 0. The SMILES string of the molecule is CC(C)(C)N(C=O)[C@H]1C[C@@H]2CCCC[C@@H]2CN1. The van der Waals surface area contributed by atoms with Crippen molar-refractivity contribution in [1.82, 2.24) is 10.2 Å². The van der Waals surface area contributed by atoms with Crippen LogP contribution < -0.4 is 5.32 Å². The van der Waals surface area contributed by atoms with Crippen molar-refractivity contribution in [1.29, 1.82) is 0 Å². The minimum absolute atomic E-state index is 0.0824. The molecule has 3 heteroatoms. The van der Waals surface area contributed by atoms with Crippen LogP contribution in [0.25, 0.3) is 0 Å². The van der Waals surface area contributed by atoms with Crippen molar-refractivity contribution in [2.24, 2.45) is 11.8 Å². The Hall–Kier alpha value is -0.570. The number of piperidine rings is 1. The average Bonchev–Trinajstić information content (AvgIpc) is 2.28. The molecule has 1 aliphatic heterocycles. The molecule has 1 N–H and O–H groups in total. The second-order valence-corrected chi connectivity index (χ2v) is 6.65. The van der Waals surface area contributed by atoms with E-state index in [0.717, 1.165) is 31.2 Å². The number of amides is 1. The quantitative estimate of drug-likeness (QED) is 0.749. The second-order valence-electron chi connectivity index (χ2n) is 6.65. The molecular weight excluding hydrogens is 212 g/mol. The van der Waals surface area contributed by atoms with Crippen molar-refractivity contribution in [2.45, 2.75) is 64.6 Å². The van der Waals surface area contributed by atoms with Gasteiger partial charge in [0, 0.05) is 12.1 Å². The van der Waals surface area contributed by atoms with Crippen LogP contribution >= 0.6 is 0 Å². The summed E-state index contributed by atoms with van der Waals surface area (Å²) in [5, 5.41) is 3.57. The van der Waals surface area contributed by atoms with Crippen molar-refractivity contribution in [2.75, 3.05) is 6.54 Å². The van der Waals surface area contributed by atoms with Crippen LogP contribution in [0.5, 0.6) is 0 Å². The molecule has 0 unspecified atom stereocenters. The summed E-state index contributed by atoms with van der Waals surface area (Å²) in [6.07, 6.45) is 7.91. The fraction of sp³-hybridized carbons (Fsp3) is 0.929. The molecule has 1 heterocycles. The number of hydrogen-bond acceptors (Lipinski definition) is 2. The summed E-state index contributed by atoms with van der Waals surface area (Å²) in [4.78, 5) is 13.3. The van der Waals surface area contributed by atoms with Crippen molar-refractivity contribution < 1.29 is 4.79 Å². The van der Waals surface area contributed by atoms with Gasteiger partial charge in [-0.25, -0.2) is 0 Å². The maximum Gasteiger partial charge on any atom is 0.211 e. The number of hydrogen-bond donors (Lipinski definition) is 1. The van der Waals surface area contributed by atoms with E-state index < -0.39 is 0 Å². The van der Waals surface area contributed by atoms with Gasteiger partial charge < -0.3 is 4.90 Å². The molecule has 2 rings (SSSR count). The summed E-state index contributed by atoms with van der Waals surface area (Å²) < 4.78 is 0. The minimum atomic E-state index is -0.0824. The molecule has 0 spiro atoms. The number of nitrogens with zero attached hydrogens (tertiary/aromatic N) is 1. The first kappa shape index (κ1) is 12.9.